The van der Waals surface area contributed by atoms with Gasteiger partial charge >= 0.3 is 6.03 Å². The van der Waals surface area contributed by atoms with E-state index in [2.05, 4.69) is 10.6 Å². The second kappa shape index (κ2) is 4.44. The van der Waals surface area contributed by atoms with Gasteiger partial charge in [-0.1, -0.05) is 5.57 Å². The van der Waals surface area contributed by atoms with E-state index >= 15 is 0 Å². The third kappa shape index (κ3) is 2.23. The maximum atomic E-state index is 11.9. The van der Waals surface area contributed by atoms with Gasteiger partial charge in [0, 0.05) is 12.6 Å². The maximum Gasteiger partial charge on any atom is 0.322 e. The third-order valence-electron chi connectivity index (χ3n) is 3.23. The first-order chi connectivity index (χ1) is 8.43. The Morgan fingerprint density at radius 1 is 1.39 bits per heavy atom. The number of nitrogens with zero attached hydrogens (tertiary/aromatic N) is 1. The number of imide groups is 1. The summed E-state index contributed by atoms with van der Waals surface area (Å²) in [6.07, 6.45) is 2.83. The molecule has 0 aliphatic carbocycles. The van der Waals surface area contributed by atoms with Crippen LogP contribution in [0.4, 0.5) is 4.79 Å². The van der Waals surface area contributed by atoms with Crippen molar-refractivity contribution in [1.29, 1.82) is 0 Å². The van der Waals surface area contributed by atoms with Gasteiger partial charge in [-0.2, -0.15) is 0 Å². The Kier molecular flexibility index (Phi) is 3.11. The van der Waals surface area contributed by atoms with Crippen LogP contribution < -0.4 is 10.6 Å². The van der Waals surface area contributed by atoms with Crippen LogP contribution in [0.1, 0.15) is 26.7 Å². The Balaban J connectivity index is 2.14. The fourth-order valence-electron chi connectivity index (χ4n) is 2.40. The number of amides is 4. The van der Waals surface area contributed by atoms with E-state index in [1.165, 1.54) is 0 Å². The van der Waals surface area contributed by atoms with Gasteiger partial charge in [-0.3, -0.25) is 14.9 Å². The summed E-state index contributed by atoms with van der Waals surface area (Å²) in [6, 6.07) is -0.475. The van der Waals surface area contributed by atoms with Crippen molar-refractivity contribution in [2.75, 3.05) is 13.1 Å². The SMILES string of the molecule is CC(C)=CC(=O)N1CCCC2(C1)NC(=O)NC2=O. The van der Waals surface area contributed by atoms with E-state index in [0.717, 1.165) is 5.57 Å². The molecule has 2 aliphatic rings. The first kappa shape index (κ1) is 12.6. The fourth-order valence-corrected chi connectivity index (χ4v) is 2.40. The number of hydrogen-bond acceptors (Lipinski definition) is 3. The molecule has 6 heteroatoms. The molecular formula is C12H17N3O3. The van der Waals surface area contributed by atoms with Gasteiger partial charge < -0.3 is 10.2 Å². The first-order valence-corrected chi connectivity index (χ1v) is 6.00. The minimum Gasteiger partial charge on any atom is -0.336 e. The molecule has 2 N–H and O–H groups in total. The molecule has 2 rings (SSSR count). The lowest BCUT2D eigenvalue weighted by molar-refractivity contribution is -0.132. The van der Waals surface area contributed by atoms with Crippen molar-refractivity contribution in [3.63, 3.8) is 0 Å². The van der Waals surface area contributed by atoms with Gasteiger partial charge in [0.1, 0.15) is 5.54 Å². The van der Waals surface area contributed by atoms with Crippen molar-refractivity contribution < 1.29 is 14.4 Å². The van der Waals surface area contributed by atoms with Gasteiger partial charge in [0.15, 0.2) is 0 Å². The average Bonchev–Trinajstić information content (AvgIpc) is 2.52. The number of rotatable bonds is 1. The summed E-state index contributed by atoms with van der Waals surface area (Å²) in [6.45, 7) is 4.56. The molecule has 2 aliphatic heterocycles. The number of carbonyl (C=O) groups is 3. The van der Waals surface area contributed by atoms with E-state index in [-0.39, 0.29) is 18.4 Å². The van der Waals surface area contributed by atoms with Crippen molar-refractivity contribution in [1.82, 2.24) is 15.5 Å². The number of piperidine rings is 1. The molecule has 98 valence electrons. The highest BCUT2D eigenvalue weighted by Crippen LogP contribution is 2.24. The second-order valence-corrected chi connectivity index (χ2v) is 5.08. The molecule has 0 bridgehead atoms. The summed E-state index contributed by atoms with van der Waals surface area (Å²) < 4.78 is 0. The Morgan fingerprint density at radius 3 is 2.67 bits per heavy atom. The average molecular weight is 251 g/mol. The maximum absolute atomic E-state index is 11.9. The molecule has 0 aromatic rings. The van der Waals surface area contributed by atoms with Crippen molar-refractivity contribution >= 4 is 17.8 Å². The Hall–Kier alpha value is -1.85. The quantitative estimate of drug-likeness (QED) is 0.514. The molecule has 2 heterocycles. The van der Waals surface area contributed by atoms with Crippen LogP contribution in [0.15, 0.2) is 11.6 Å². The Bertz CT molecular complexity index is 440. The molecule has 0 radical (unpaired) electrons. The van der Waals surface area contributed by atoms with Crippen LogP contribution in [-0.2, 0) is 9.59 Å². The Morgan fingerprint density at radius 2 is 2.11 bits per heavy atom. The smallest absolute Gasteiger partial charge is 0.322 e. The monoisotopic (exact) mass is 251 g/mol. The summed E-state index contributed by atoms with van der Waals surface area (Å²) in [5, 5.41) is 4.88. The Labute approximate surface area is 105 Å². The van der Waals surface area contributed by atoms with Crippen molar-refractivity contribution in [3.8, 4) is 0 Å². The zero-order valence-electron chi connectivity index (χ0n) is 10.6. The van der Waals surface area contributed by atoms with E-state index in [0.29, 0.717) is 19.4 Å². The summed E-state index contributed by atoms with van der Waals surface area (Å²) in [5.74, 6) is -0.440. The zero-order valence-corrected chi connectivity index (χ0v) is 10.6. The molecule has 1 spiro atoms. The summed E-state index contributed by atoms with van der Waals surface area (Å²) in [4.78, 5) is 36.6. The highest BCUT2D eigenvalue weighted by atomic mass is 16.2. The predicted octanol–water partition coefficient (Wildman–Crippen LogP) is 0.153. The van der Waals surface area contributed by atoms with Crippen molar-refractivity contribution in [3.05, 3.63) is 11.6 Å². The first-order valence-electron chi connectivity index (χ1n) is 6.00. The molecule has 0 saturated carbocycles. The fraction of sp³-hybridized carbons (Fsp3) is 0.583. The van der Waals surface area contributed by atoms with Crippen LogP contribution in [0.5, 0.6) is 0 Å². The summed E-state index contributed by atoms with van der Waals surface area (Å²) >= 11 is 0. The lowest BCUT2D eigenvalue weighted by atomic mass is 9.89. The van der Waals surface area contributed by atoms with Crippen LogP contribution in [0.2, 0.25) is 0 Å². The zero-order chi connectivity index (χ0) is 13.3. The molecule has 0 aromatic carbocycles. The normalized spacial score (nSPS) is 26.9. The highest BCUT2D eigenvalue weighted by Gasteiger charge is 2.49. The molecule has 2 saturated heterocycles. The van der Waals surface area contributed by atoms with E-state index in [9.17, 15) is 14.4 Å². The van der Waals surface area contributed by atoms with Crippen LogP contribution in [0, 0.1) is 0 Å². The number of urea groups is 1. The van der Waals surface area contributed by atoms with Gasteiger partial charge in [-0.05, 0) is 26.7 Å². The number of allylic oxidation sites excluding steroid dienone is 1. The molecule has 18 heavy (non-hydrogen) atoms. The van der Waals surface area contributed by atoms with E-state index < -0.39 is 11.6 Å². The second-order valence-electron chi connectivity index (χ2n) is 5.08. The predicted molar refractivity (Wildman–Crippen MR) is 64.7 cm³/mol. The van der Waals surface area contributed by atoms with E-state index in [4.69, 9.17) is 0 Å². The number of nitrogens with one attached hydrogen (secondary N) is 2. The van der Waals surface area contributed by atoms with Crippen LogP contribution in [0.3, 0.4) is 0 Å². The summed E-state index contributed by atoms with van der Waals surface area (Å²) in [7, 11) is 0. The van der Waals surface area contributed by atoms with Gasteiger partial charge in [-0.15, -0.1) is 0 Å². The highest BCUT2D eigenvalue weighted by molar-refractivity contribution is 6.07. The van der Waals surface area contributed by atoms with Gasteiger partial charge in [-0.25, -0.2) is 4.79 Å². The van der Waals surface area contributed by atoms with Crippen LogP contribution in [-0.4, -0.2) is 41.4 Å². The largest absolute Gasteiger partial charge is 0.336 e. The molecular weight excluding hydrogens is 234 g/mol. The summed E-state index contributed by atoms with van der Waals surface area (Å²) in [5.41, 5.74) is -0.0138. The lowest BCUT2D eigenvalue weighted by Crippen LogP contribution is -2.59. The molecule has 2 fully saturated rings. The van der Waals surface area contributed by atoms with Crippen molar-refractivity contribution in [2.24, 2.45) is 0 Å². The molecule has 6 nitrogen and oxygen atoms in total. The standard InChI is InChI=1S/C12H17N3O3/c1-8(2)6-9(16)15-5-3-4-12(7-15)10(17)13-11(18)14-12/h6H,3-5,7H2,1-2H3,(H2,13,14,17,18). The van der Waals surface area contributed by atoms with Crippen LogP contribution in [0.25, 0.3) is 0 Å². The van der Waals surface area contributed by atoms with Crippen LogP contribution >= 0.6 is 0 Å². The number of hydrogen-bond donors (Lipinski definition) is 2. The minimum absolute atomic E-state index is 0.108. The van der Waals surface area contributed by atoms with Crippen molar-refractivity contribution in [2.45, 2.75) is 32.2 Å². The molecule has 4 amide bonds. The third-order valence-corrected chi connectivity index (χ3v) is 3.23. The van der Waals surface area contributed by atoms with E-state index in [1.54, 1.807) is 11.0 Å². The van der Waals surface area contributed by atoms with Gasteiger partial charge in [0.05, 0.1) is 6.54 Å². The number of likely N-dealkylation sites (tertiary alicyclic amines) is 1. The van der Waals surface area contributed by atoms with E-state index in [1.807, 2.05) is 13.8 Å². The minimum atomic E-state index is -0.930. The van der Waals surface area contributed by atoms with Gasteiger partial charge in [0.2, 0.25) is 5.91 Å². The molecule has 1 unspecified atom stereocenters. The topological polar surface area (TPSA) is 78.5 Å². The van der Waals surface area contributed by atoms with Gasteiger partial charge in [0.25, 0.3) is 5.91 Å². The lowest BCUT2D eigenvalue weighted by Gasteiger charge is -2.37. The molecule has 0 aromatic heterocycles. The molecule has 1 atom stereocenters. The number of carbonyl (C=O) groups excluding carboxylic acids is 3.